The Bertz CT molecular complexity index is 763. The summed E-state index contributed by atoms with van der Waals surface area (Å²) < 4.78 is 0. The second kappa shape index (κ2) is 4.70. The van der Waals surface area contributed by atoms with Crippen molar-refractivity contribution >= 4 is 22.6 Å². The highest BCUT2D eigenvalue weighted by Gasteiger charge is 2.34. The van der Waals surface area contributed by atoms with Gasteiger partial charge >= 0.3 is 0 Å². The third-order valence-corrected chi connectivity index (χ3v) is 3.79. The van der Waals surface area contributed by atoms with Gasteiger partial charge in [0.15, 0.2) is 0 Å². The van der Waals surface area contributed by atoms with Crippen LogP contribution in [0.15, 0.2) is 54.6 Å². The van der Waals surface area contributed by atoms with E-state index in [1.807, 2.05) is 54.6 Å². The number of rotatable bonds is 2. The summed E-state index contributed by atoms with van der Waals surface area (Å²) >= 11 is 0. The third-order valence-electron chi connectivity index (χ3n) is 3.79. The standard InChI is InChI=1S/C16H14N4O/c21-16-11-10-15(19(16)12-6-2-1-3-7-12)20-17-13-8-4-5-9-14(13)18-20/h1-9,15H,10-11H2. The fourth-order valence-corrected chi connectivity index (χ4v) is 2.80. The summed E-state index contributed by atoms with van der Waals surface area (Å²) in [6.07, 6.45) is 1.11. The van der Waals surface area contributed by atoms with E-state index in [0.29, 0.717) is 6.42 Å². The molecule has 0 saturated carbocycles. The van der Waals surface area contributed by atoms with Crippen LogP contribution < -0.4 is 4.90 Å². The first-order valence-corrected chi connectivity index (χ1v) is 7.01. The SMILES string of the molecule is O=C1CCC(n2nc3ccccc3n2)N1c1ccccc1. The number of nitrogens with zero attached hydrogens (tertiary/aromatic N) is 4. The van der Waals surface area contributed by atoms with E-state index in [9.17, 15) is 4.79 Å². The number of amides is 1. The van der Waals surface area contributed by atoms with Gasteiger partial charge in [-0.3, -0.25) is 9.69 Å². The van der Waals surface area contributed by atoms with Gasteiger partial charge in [0.25, 0.3) is 0 Å². The van der Waals surface area contributed by atoms with E-state index in [4.69, 9.17) is 0 Å². The lowest BCUT2D eigenvalue weighted by molar-refractivity contribution is -0.117. The molecule has 1 aromatic heterocycles. The average Bonchev–Trinajstić information content (AvgIpc) is 3.11. The van der Waals surface area contributed by atoms with Crippen molar-refractivity contribution < 1.29 is 4.79 Å². The van der Waals surface area contributed by atoms with E-state index >= 15 is 0 Å². The molecular formula is C16H14N4O. The molecule has 1 aliphatic rings. The molecule has 2 heterocycles. The molecule has 2 aromatic carbocycles. The Morgan fingerprint density at radius 3 is 2.19 bits per heavy atom. The van der Waals surface area contributed by atoms with Crippen LogP contribution in [0.25, 0.3) is 11.0 Å². The Morgan fingerprint density at radius 2 is 1.52 bits per heavy atom. The Kier molecular flexibility index (Phi) is 2.70. The minimum atomic E-state index is -0.146. The fourth-order valence-electron chi connectivity index (χ4n) is 2.80. The number of carbonyl (C=O) groups excluding carboxylic acids is 1. The van der Waals surface area contributed by atoms with Gasteiger partial charge in [0.2, 0.25) is 5.91 Å². The lowest BCUT2D eigenvalue weighted by atomic mass is 10.3. The van der Waals surface area contributed by atoms with Crippen LogP contribution in [0.1, 0.15) is 19.0 Å². The molecular weight excluding hydrogens is 264 g/mol. The van der Waals surface area contributed by atoms with E-state index in [2.05, 4.69) is 10.2 Å². The number of para-hydroxylation sites is 1. The summed E-state index contributed by atoms with van der Waals surface area (Å²) in [7, 11) is 0. The van der Waals surface area contributed by atoms with Gasteiger partial charge < -0.3 is 0 Å². The number of benzene rings is 2. The second-order valence-electron chi connectivity index (χ2n) is 5.13. The van der Waals surface area contributed by atoms with Crippen molar-refractivity contribution in [3.05, 3.63) is 54.6 Å². The Balaban J connectivity index is 1.77. The van der Waals surface area contributed by atoms with Gasteiger partial charge in [-0.1, -0.05) is 30.3 Å². The first-order chi connectivity index (χ1) is 10.3. The number of hydrogen-bond acceptors (Lipinski definition) is 3. The monoisotopic (exact) mass is 278 g/mol. The van der Waals surface area contributed by atoms with Crippen LogP contribution in [0.5, 0.6) is 0 Å². The molecule has 4 rings (SSSR count). The van der Waals surface area contributed by atoms with Crippen LogP contribution in [0, 0.1) is 0 Å². The molecule has 3 aromatic rings. The molecule has 5 nitrogen and oxygen atoms in total. The number of aromatic nitrogens is 3. The van der Waals surface area contributed by atoms with Crippen LogP contribution in [0.2, 0.25) is 0 Å². The summed E-state index contributed by atoms with van der Waals surface area (Å²) in [6.45, 7) is 0. The fraction of sp³-hybridized carbons (Fsp3) is 0.188. The molecule has 1 aliphatic heterocycles. The summed E-state index contributed by atoms with van der Waals surface area (Å²) in [5.41, 5.74) is 2.60. The summed E-state index contributed by atoms with van der Waals surface area (Å²) in [5, 5.41) is 9.03. The lowest BCUT2D eigenvalue weighted by Gasteiger charge is -2.23. The van der Waals surface area contributed by atoms with Crippen LogP contribution in [0.4, 0.5) is 5.69 Å². The summed E-state index contributed by atoms with van der Waals surface area (Å²) in [4.78, 5) is 15.7. The molecule has 0 N–H and O–H groups in total. The maximum absolute atomic E-state index is 12.2. The zero-order valence-corrected chi connectivity index (χ0v) is 11.4. The minimum Gasteiger partial charge on any atom is -0.288 e. The number of carbonyl (C=O) groups is 1. The van der Waals surface area contributed by atoms with Gasteiger partial charge in [0.05, 0.1) is 0 Å². The van der Waals surface area contributed by atoms with Gasteiger partial charge in [-0.15, -0.1) is 0 Å². The Labute approximate surface area is 121 Å². The van der Waals surface area contributed by atoms with Crippen molar-refractivity contribution in [1.29, 1.82) is 0 Å². The van der Waals surface area contributed by atoms with Crippen molar-refractivity contribution in [2.75, 3.05) is 4.90 Å². The van der Waals surface area contributed by atoms with Crippen molar-refractivity contribution in [3.63, 3.8) is 0 Å². The lowest BCUT2D eigenvalue weighted by Crippen LogP contribution is -2.32. The third kappa shape index (κ3) is 1.98. The maximum Gasteiger partial charge on any atom is 0.228 e. The molecule has 5 heteroatoms. The molecule has 0 spiro atoms. The van der Waals surface area contributed by atoms with E-state index in [1.54, 1.807) is 9.70 Å². The first-order valence-electron chi connectivity index (χ1n) is 7.01. The molecule has 1 atom stereocenters. The maximum atomic E-state index is 12.2. The van der Waals surface area contributed by atoms with Gasteiger partial charge in [-0.05, 0) is 30.7 Å². The first kappa shape index (κ1) is 12.1. The molecule has 1 unspecified atom stereocenters. The van der Waals surface area contributed by atoms with Crippen molar-refractivity contribution in [1.82, 2.24) is 15.0 Å². The van der Waals surface area contributed by atoms with Crippen LogP contribution in [0.3, 0.4) is 0 Å². The smallest absolute Gasteiger partial charge is 0.228 e. The van der Waals surface area contributed by atoms with E-state index in [-0.39, 0.29) is 12.1 Å². The molecule has 0 radical (unpaired) electrons. The van der Waals surface area contributed by atoms with Gasteiger partial charge in [-0.25, -0.2) is 0 Å². The van der Waals surface area contributed by atoms with Crippen molar-refractivity contribution in [2.45, 2.75) is 19.0 Å². The average molecular weight is 278 g/mol. The number of anilines is 1. The summed E-state index contributed by atoms with van der Waals surface area (Å²) in [6, 6.07) is 17.4. The van der Waals surface area contributed by atoms with Gasteiger partial charge in [0, 0.05) is 12.1 Å². The normalized spacial score (nSPS) is 18.6. The van der Waals surface area contributed by atoms with Crippen molar-refractivity contribution in [2.24, 2.45) is 0 Å². The predicted molar refractivity (Wildman–Crippen MR) is 79.7 cm³/mol. The molecule has 0 bridgehead atoms. The van der Waals surface area contributed by atoms with E-state index in [1.165, 1.54) is 0 Å². The predicted octanol–water partition coefficient (Wildman–Crippen LogP) is 2.76. The largest absolute Gasteiger partial charge is 0.288 e. The zero-order chi connectivity index (χ0) is 14.2. The Hall–Kier alpha value is -2.69. The van der Waals surface area contributed by atoms with Gasteiger partial charge in [-0.2, -0.15) is 15.0 Å². The molecule has 1 amide bonds. The van der Waals surface area contributed by atoms with Crippen LogP contribution >= 0.6 is 0 Å². The zero-order valence-electron chi connectivity index (χ0n) is 11.4. The van der Waals surface area contributed by atoms with E-state index < -0.39 is 0 Å². The molecule has 21 heavy (non-hydrogen) atoms. The molecule has 104 valence electrons. The minimum absolute atomic E-state index is 0.118. The second-order valence-corrected chi connectivity index (χ2v) is 5.13. The highest BCUT2D eigenvalue weighted by molar-refractivity contribution is 5.95. The topological polar surface area (TPSA) is 51.0 Å². The van der Waals surface area contributed by atoms with Crippen molar-refractivity contribution in [3.8, 4) is 0 Å². The highest BCUT2D eigenvalue weighted by atomic mass is 16.2. The molecule has 1 fully saturated rings. The quantitative estimate of drug-likeness (QED) is 0.724. The Morgan fingerprint density at radius 1 is 0.905 bits per heavy atom. The summed E-state index contributed by atoms with van der Waals surface area (Å²) in [5.74, 6) is 0.118. The molecule has 1 saturated heterocycles. The van der Waals surface area contributed by atoms with E-state index in [0.717, 1.165) is 23.1 Å². The van der Waals surface area contributed by atoms with Crippen LogP contribution in [-0.4, -0.2) is 20.9 Å². The number of hydrogen-bond donors (Lipinski definition) is 0. The highest BCUT2D eigenvalue weighted by Crippen LogP contribution is 2.32. The van der Waals surface area contributed by atoms with Crippen LogP contribution in [-0.2, 0) is 4.79 Å². The molecule has 0 aliphatic carbocycles. The van der Waals surface area contributed by atoms with Gasteiger partial charge in [0.1, 0.15) is 17.2 Å². The number of fused-ring (bicyclic) bond motifs is 1.